The molecule has 20 heavy (non-hydrogen) atoms. The standard InChI is InChI=1S/C18H13NO/c20-18-16(12-19-9-3-6-17(18)19)11-13-7-8-14-4-1-2-5-15(14)10-13/h1-11H,12H2/b16-11+. The molecule has 4 rings (SSSR count). The molecule has 1 aromatic heterocycles. The van der Waals surface area contributed by atoms with E-state index in [2.05, 4.69) is 30.3 Å². The van der Waals surface area contributed by atoms with Crippen molar-refractivity contribution in [2.45, 2.75) is 6.54 Å². The van der Waals surface area contributed by atoms with E-state index in [9.17, 15) is 4.79 Å². The van der Waals surface area contributed by atoms with E-state index in [4.69, 9.17) is 0 Å². The third kappa shape index (κ3) is 1.69. The summed E-state index contributed by atoms with van der Waals surface area (Å²) in [7, 11) is 0. The second kappa shape index (κ2) is 4.20. The molecule has 0 aliphatic carbocycles. The van der Waals surface area contributed by atoms with Gasteiger partial charge in [-0.05, 0) is 40.6 Å². The number of allylic oxidation sites excluding steroid dienone is 1. The molecule has 2 aromatic carbocycles. The van der Waals surface area contributed by atoms with E-state index in [1.165, 1.54) is 10.8 Å². The van der Waals surface area contributed by atoms with E-state index in [0.29, 0.717) is 6.54 Å². The lowest BCUT2D eigenvalue weighted by Crippen LogP contribution is -1.94. The maximum atomic E-state index is 12.2. The molecule has 2 nitrogen and oxygen atoms in total. The van der Waals surface area contributed by atoms with Crippen molar-refractivity contribution in [2.75, 3.05) is 0 Å². The zero-order valence-electron chi connectivity index (χ0n) is 10.9. The van der Waals surface area contributed by atoms with Gasteiger partial charge in [-0.3, -0.25) is 4.79 Å². The number of carbonyl (C=O) groups is 1. The van der Waals surface area contributed by atoms with Crippen molar-refractivity contribution in [3.8, 4) is 0 Å². The summed E-state index contributed by atoms with van der Waals surface area (Å²) in [5.41, 5.74) is 2.73. The maximum absolute atomic E-state index is 12.2. The Hall–Kier alpha value is -2.61. The van der Waals surface area contributed by atoms with Gasteiger partial charge in [0.15, 0.2) is 0 Å². The lowest BCUT2D eigenvalue weighted by Gasteiger charge is -2.01. The SMILES string of the molecule is O=C1/C(=C/c2ccc3ccccc3c2)Cn2cccc21. The van der Waals surface area contributed by atoms with Crippen molar-refractivity contribution < 1.29 is 4.79 Å². The molecule has 0 saturated heterocycles. The minimum atomic E-state index is 0.142. The monoisotopic (exact) mass is 259 g/mol. The van der Waals surface area contributed by atoms with E-state index in [0.717, 1.165) is 16.8 Å². The summed E-state index contributed by atoms with van der Waals surface area (Å²) in [6, 6.07) is 18.3. The highest BCUT2D eigenvalue weighted by atomic mass is 16.1. The van der Waals surface area contributed by atoms with Gasteiger partial charge in [0.25, 0.3) is 0 Å². The molecule has 2 heteroatoms. The summed E-state index contributed by atoms with van der Waals surface area (Å²) >= 11 is 0. The number of aromatic nitrogens is 1. The third-order valence-electron chi connectivity index (χ3n) is 3.81. The van der Waals surface area contributed by atoms with Crippen molar-refractivity contribution in [3.63, 3.8) is 0 Å². The van der Waals surface area contributed by atoms with Crippen LogP contribution in [0.2, 0.25) is 0 Å². The highest BCUT2D eigenvalue weighted by Gasteiger charge is 2.23. The normalized spacial score (nSPS) is 16.0. The van der Waals surface area contributed by atoms with Gasteiger partial charge in [-0.15, -0.1) is 0 Å². The van der Waals surface area contributed by atoms with Crippen LogP contribution in [-0.4, -0.2) is 10.4 Å². The first kappa shape index (κ1) is 11.2. The summed E-state index contributed by atoms with van der Waals surface area (Å²) in [4.78, 5) is 12.2. The quantitative estimate of drug-likeness (QED) is 0.607. The summed E-state index contributed by atoms with van der Waals surface area (Å²) in [5, 5.41) is 2.42. The Morgan fingerprint density at radius 3 is 2.65 bits per heavy atom. The van der Waals surface area contributed by atoms with Crippen molar-refractivity contribution in [1.82, 2.24) is 4.57 Å². The largest absolute Gasteiger partial charge is 0.340 e. The van der Waals surface area contributed by atoms with Gasteiger partial charge in [-0.1, -0.05) is 36.4 Å². The molecule has 0 saturated carbocycles. The Balaban J connectivity index is 1.76. The van der Waals surface area contributed by atoms with Gasteiger partial charge in [0, 0.05) is 11.8 Å². The van der Waals surface area contributed by atoms with E-state index >= 15 is 0 Å². The molecule has 0 unspecified atom stereocenters. The van der Waals surface area contributed by atoms with E-state index < -0.39 is 0 Å². The van der Waals surface area contributed by atoms with Crippen molar-refractivity contribution in [3.05, 3.63) is 77.6 Å². The molecule has 0 amide bonds. The van der Waals surface area contributed by atoms with E-state index in [1.54, 1.807) is 0 Å². The van der Waals surface area contributed by atoms with Crippen LogP contribution in [0.5, 0.6) is 0 Å². The zero-order chi connectivity index (χ0) is 13.5. The lowest BCUT2D eigenvalue weighted by atomic mass is 10.0. The van der Waals surface area contributed by atoms with Gasteiger partial charge >= 0.3 is 0 Å². The molecule has 0 radical (unpaired) electrons. The fourth-order valence-corrected chi connectivity index (χ4v) is 2.79. The molecule has 0 N–H and O–H groups in total. The van der Waals surface area contributed by atoms with Crippen molar-refractivity contribution in [2.24, 2.45) is 0 Å². The van der Waals surface area contributed by atoms with Crippen LogP contribution in [0.15, 0.2) is 66.4 Å². The van der Waals surface area contributed by atoms with Crippen LogP contribution in [0.25, 0.3) is 16.8 Å². The zero-order valence-corrected chi connectivity index (χ0v) is 10.9. The first-order chi connectivity index (χ1) is 9.81. The number of fused-ring (bicyclic) bond motifs is 2. The predicted molar refractivity (Wildman–Crippen MR) is 80.7 cm³/mol. The van der Waals surface area contributed by atoms with Gasteiger partial charge in [0.1, 0.15) is 0 Å². The molecule has 0 fully saturated rings. The van der Waals surface area contributed by atoms with Crippen LogP contribution >= 0.6 is 0 Å². The van der Waals surface area contributed by atoms with Crippen LogP contribution in [0.1, 0.15) is 16.1 Å². The highest BCUT2D eigenvalue weighted by molar-refractivity contribution is 6.12. The summed E-state index contributed by atoms with van der Waals surface area (Å²) in [6.45, 7) is 0.675. The Bertz CT molecular complexity index is 854. The Morgan fingerprint density at radius 2 is 1.80 bits per heavy atom. The molecule has 1 aliphatic heterocycles. The number of benzene rings is 2. The second-order valence-corrected chi connectivity index (χ2v) is 5.13. The van der Waals surface area contributed by atoms with Crippen molar-refractivity contribution >= 4 is 22.6 Å². The summed E-state index contributed by atoms with van der Waals surface area (Å²) in [6.07, 6.45) is 3.95. The number of carbonyl (C=O) groups excluding carboxylic acids is 1. The van der Waals surface area contributed by atoms with Crippen LogP contribution in [-0.2, 0) is 6.54 Å². The Kier molecular flexibility index (Phi) is 2.36. The fourth-order valence-electron chi connectivity index (χ4n) is 2.79. The topological polar surface area (TPSA) is 22.0 Å². The summed E-state index contributed by atoms with van der Waals surface area (Å²) in [5.74, 6) is 0.142. The molecular formula is C18H13NO. The number of rotatable bonds is 1. The van der Waals surface area contributed by atoms with Gasteiger partial charge in [-0.2, -0.15) is 0 Å². The Morgan fingerprint density at radius 1 is 0.950 bits per heavy atom. The number of nitrogens with zero attached hydrogens (tertiary/aromatic N) is 1. The average Bonchev–Trinajstić information content (AvgIpc) is 3.03. The number of hydrogen-bond donors (Lipinski definition) is 0. The van der Waals surface area contributed by atoms with Crippen molar-refractivity contribution in [1.29, 1.82) is 0 Å². The van der Waals surface area contributed by atoms with Gasteiger partial charge in [0.05, 0.1) is 12.2 Å². The number of hydrogen-bond acceptors (Lipinski definition) is 1. The molecule has 96 valence electrons. The molecule has 3 aromatic rings. The highest BCUT2D eigenvalue weighted by Crippen LogP contribution is 2.24. The molecule has 1 aliphatic rings. The van der Waals surface area contributed by atoms with E-state index in [1.807, 2.05) is 41.1 Å². The lowest BCUT2D eigenvalue weighted by molar-refractivity contribution is 0.103. The maximum Gasteiger partial charge on any atom is 0.207 e. The third-order valence-corrected chi connectivity index (χ3v) is 3.81. The van der Waals surface area contributed by atoms with Crippen LogP contribution in [0, 0.1) is 0 Å². The molecule has 2 heterocycles. The molecular weight excluding hydrogens is 246 g/mol. The van der Waals surface area contributed by atoms with Crippen LogP contribution in [0.4, 0.5) is 0 Å². The first-order valence-electron chi connectivity index (χ1n) is 6.70. The minimum absolute atomic E-state index is 0.142. The van der Waals surface area contributed by atoms with Gasteiger partial charge < -0.3 is 4.57 Å². The van der Waals surface area contributed by atoms with Gasteiger partial charge in [-0.25, -0.2) is 0 Å². The average molecular weight is 259 g/mol. The predicted octanol–water partition coefficient (Wildman–Crippen LogP) is 3.92. The number of Topliss-reactive ketones (excluding diaryl/α,β-unsaturated/α-hetero) is 1. The first-order valence-corrected chi connectivity index (χ1v) is 6.70. The molecule has 0 bridgehead atoms. The number of ketones is 1. The molecule has 0 atom stereocenters. The molecule has 0 spiro atoms. The Labute approximate surface area is 117 Å². The van der Waals surface area contributed by atoms with Crippen LogP contribution < -0.4 is 0 Å². The second-order valence-electron chi connectivity index (χ2n) is 5.13. The smallest absolute Gasteiger partial charge is 0.207 e. The van der Waals surface area contributed by atoms with E-state index in [-0.39, 0.29) is 5.78 Å². The minimum Gasteiger partial charge on any atom is -0.340 e. The fraction of sp³-hybridized carbons (Fsp3) is 0.0556. The van der Waals surface area contributed by atoms with Gasteiger partial charge in [0.2, 0.25) is 5.78 Å². The summed E-state index contributed by atoms with van der Waals surface area (Å²) < 4.78 is 2.00. The van der Waals surface area contributed by atoms with Crippen LogP contribution in [0.3, 0.4) is 0 Å².